The molecule has 0 spiro atoms. The number of thiazole rings is 1. The van der Waals surface area contributed by atoms with Crippen LogP contribution < -0.4 is 11.3 Å². The lowest BCUT2D eigenvalue weighted by atomic mass is 10.3. The number of thioether (sulfide) groups is 1. The zero-order valence-electron chi connectivity index (χ0n) is 8.82. The third kappa shape index (κ3) is 4.19. The highest BCUT2D eigenvalue weighted by molar-refractivity contribution is 7.98. The first-order chi connectivity index (χ1) is 7.13. The Labute approximate surface area is 97.6 Å². The van der Waals surface area contributed by atoms with E-state index in [0.717, 1.165) is 17.2 Å². The summed E-state index contributed by atoms with van der Waals surface area (Å²) in [6.07, 6.45) is 0. The lowest BCUT2D eigenvalue weighted by Crippen LogP contribution is -2.29. The van der Waals surface area contributed by atoms with Crippen LogP contribution in [0.5, 0.6) is 0 Å². The molecule has 0 radical (unpaired) electrons. The van der Waals surface area contributed by atoms with Crippen LogP contribution in [-0.4, -0.2) is 16.6 Å². The third-order valence-corrected chi connectivity index (χ3v) is 3.87. The molecule has 1 aromatic heterocycles. The zero-order chi connectivity index (χ0) is 11.3. The van der Waals surface area contributed by atoms with Crippen LogP contribution in [0.15, 0.2) is 5.38 Å². The van der Waals surface area contributed by atoms with E-state index >= 15 is 0 Å². The smallest absolute Gasteiger partial charge is 0.288 e. The minimum atomic E-state index is -0.319. The number of hydrogen-bond acceptors (Lipinski definition) is 5. The molecule has 1 amide bonds. The lowest BCUT2D eigenvalue weighted by molar-refractivity contribution is 0.0953. The predicted molar refractivity (Wildman–Crippen MR) is 64.8 cm³/mol. The van der Waals surface area contributed by atoms with Gasteiger partial charge in [0.2, 0.25) is 0 Å². The molecule has 84 valence electrons. The molecule has 0 aliphatic heterocycles. The molecular weight excluding hydrogens is 230 g/mol. The van der Waals surface area contributed by atoms with Gasteiger partial charge in [0.1, 0.15) is 0 Å². The molecule has 0 aliphatic carbocycles. The van der Waals surface area contributed by atoms with Gasteiger partial charge in [-0.1, -0.05) is 13.8 Å². The third-order valence-electron chi connectivity index (χ3n) is 1.58. The summed E-state index contributed by atoms with van der Waals surface area (Å²) >= 11 is 3.15. The maximum Gasteiger partial charge on any atom is 0.294 e. The van der Waals surface area contributed by atoms with Crippen LogP contribution in [0.4, 0.5) is 0 Å². The van der Waals surface area contributed by atoms with Crippen LogP contribution in [0.3, 0.4) is 0 Å². The Kier molecular flexibility index (Phi) is 5.07. The minimum absolute atomic E-state index is 0.319. The van der Waals surface area contributed by atoms with Crippen molar-refractivity contribution in [1.82, 2.24) is 10.4 Å². The summed E-state index contributed by atoms with van der Waals surface area (Å²) in [6.45, 7) is 4.36. The summed E-state index contributed by atoms with van der Waals surface area (Å²) in [7, 11) is 0. The Morgan fingerprint density at radius 1 is 1.73 bits per heavy atom. The largest absolute Gasteiger partial charge is 0.294 e. The van der Waals surface area contributed by atoms with Crippen molar-refractivity contribution in [2.75, 3.05) is 5.75 Å². The van der Waals surface area contributed by atoms with E-state index < -0.39 is 0 Å². The molecular formula is C9H15N3OS2. The Morgan fingerprint density at radius 3 is 3.07 bits per heavy atom. The molecule has 6 heteroatoms. The van der Waals surface area contributed by atoms with Crippen molar-refractivity contribution in [2.24, 2.45) is 11.8 Å². The van der Waals surface area contributed by atoms with Crippen molar-refractivity contribution in [2.45, 2.75) is 19.6 Å². The molecule has 0 saturated heterocycles. The number of hydrogen-bond donors (Lipinski definition) is 2. The van der Waals surface area contributed by atoms with Crippen LogP contribution >= 0.6 is 23.1 Å². The summed E-state index contributed by atoms with van der Waals surface area (Å²) < 4.78 is 0. The second kappa shape index (κ2) is 6.09. The van der Waals surface area contributed by atoms with Crippen LogP contribution in [-0.2, 0) is 5.75 Å². The second-order valence-corrected chi connectivity index (χ2v) is 5.41. The molecule has 0 fully saturated rings. The highest BCUT2D eigenvalue weighted by Gasteiger charge is 2.09. The Balaban J connectivity index is 2.43. The number of nitrogens with two attached hydrogens (primary N) is 1. The quantitative estimate of drug-likeness (QED) is 0.470. The summed E-state index contributed by atoms with van der Waals surface area (Å²) in [5, 5.41) is 2.33. The normalized spacial score (nSPS) is 10.7. The van der Waals surface area contributed by atoms with Crippen molar-refractivity contribution < 1.29 is 4.79 Å². The Bertz CT molecular complexity index is 325. The molecule has 1 heterocycles. The van der Waals surface area contributed by atoms with Gasteiger partial charge in [-0.2, -0.15) is 11.8 Å². The first-order valence-electron chi connectivity index (χ1n) is 4.66. The van der Waals surface area contributed by atoms with Crippen LogP contribution in [0.1, 0.15) is 29.3 Å². The topological polar surface area (TPSA) is 68.0 Å². The van der Waals surface area contributed by atoms with Crippen molar-refractivity contribution in [1.29, 1.82) is 0 Å². The second-order valence-electron chi connectivity index (χ2n) is 3.53. The van der Waals surface area contributed by atoms with Crippen molar-refractivity contribution in [3.63, 3.8) is 0 Å². The summed E-state index contributed by atoms with van der Waals surface area (Å²) in [4.78, 5) is 15.3. The van der Waals surface area contributed by atoms with Crippen LogP contribution in [0.25, 0.3) is 0 Å². The number of rotatable bonds is 5. The van der Waals surface area contributed by atoms with Gasteiger partial charge in [-0.05, 0) is 11.7 Å². The maximum absolute atomic E-state index is 11.1. The number of nitrogens with zero attached hydrogens (tertiary/aromatic N) is 1. The predicted octanol–water partition coefficient (Wildman–Crippen LogP) is 1.64. The number of nitrogens with one attached hydrogen (secondary N) is 1. The van der Waals surface area contributed by atoms with Gasteiger partial charge < -0.3 is 0 Å². The summed E-state index contributed by atoms with van der Waals surface area (Å²) in [6, 6.07) is 0. The van der Waals surface area contributed by atoms with E-state index in [1.165, 1.54) is 11.3 Å². The highest BCUT2D eigenvalue weighted by atomic mass is 32.2. The van der Waals surface area contributed by atoms with Crippen molar-refractivity contribution in [3.8, 4) is 0 Å². The van der Waals surface area contributed by atoms with E-state index in [1.54, 1.807) is 0 Å². The molecule has 0 aliphatic rings. The first kappa shape index (κ1) is 12.5. The van der Waals surface area contributed by atoms with E-state index in [4.69, 9.17) is 5.84 Å². The molecule has 1 rings (SSSR count). The van der Waals surface area contributed by atoms with E-state index in [-0.39, 0.29) is 5.91 Å². The maximum atomic E-state index is 11.1. The fraction of sp³-hybridized carbons (Fsp3) is 0.556. The fourth-order valence-electron chi connectivity index (χ4n) is 0.938. The Hall–Kier alpha value is -0.590. The lowest BCUT2D eigenvalue weighted by Gasteiger charge is -2.01. The standard InChI is InChI=1S/C9H15N3OS2/c1-6(2)3-14-4-7-5-15-9(11-7)8(13)12-10/h5-6H,3-4,10H2,1-2H3,(H,12,13). The van der Waals surface area contributed by atoms with Gasteiger partial charge in [-0.15, -0.1) is 11.3 Å². The molecule has 0 unspecified atom stereocenters. The number of amides is 1. The molecule has 3 N–H and O–H groups in total. The van der Waals surface area contributed by atoms with Crippen molar-refractivity contribution >= 4 is 29.0 Å². The highest BCUT2D eigenvalue weighted by Crippen LogP contribution is 2.17. The van der Waals surface area contributed by atoms with Gasteiger partial charge in [-0.3, -0.25) is 10.2 Å². The molecule has 0 aromatic carbocycles. The summed E-state index contributed by atoms with van der Waals surface area (Å²) in [5.74, 6) is 7.34. The average molecular weight is 245 g/mol. The molecule has 15 heavy (non-hydrogen) atoms. The van der Waals surface area contributed by atoms with Gasteiger partial charge in [0.15, 0.2) is 5.01 Å². The molecule has 0 bridgehead atoms. The monoisotopic (exact) mass is 245 g/mol. The number of nitrogen functional groups attached to an aromatic ring is 1. The number of aromatic nitrogens is 1. The molecule has 0 saturated carbocycles. The number of carbonyl (C=O) groups is 1. The molecule has 0 atom stereocenters. The van der Waals surface area contributed by atoms with Crippen molar-refractivity contribution in [3.05, 3.63) is 16.1 Å². The van der Waals surface area contributed by atoms with Crippen LogP contribution in [0.2, 0.25) is 0 Å². The van der Waals surface area contributed by atoms with Gasteiger partial charge >= 0.3 is 0 Å². The molecule has 4 nitrogen and oxygen atoms in total. The minimum Gasteiger partial charge on any atom is -0.288 e. The van der Waals surface area contributed by atoms with Crippen LogP contribution in [0, 0.1) is 5.92 Å². The zero-order valence-corrected chi connectivity index (χ0v) is 10.5. The van der Waals surface area contributed by atoms with Gasteiger partial charge in [0, 0.05) is 11.1 Å². The van der Waals surface area contributed by atoms with Gasteiger partial charge in [0.05, 0.1) is 5.69 Å². The fourth-order valence-corrected chi connectivity index (χ4v) is 2.71. The van der Waals surface area contributed by atoms with E-state index in [1.807, 2.05) is 17.1 Å². The van der Waals surface area contributed by atoms with E-state index in [0.29, 0.717) is 10.9 Å². The van der Waals surface area contributed by atoms with Gasteiger partial charge in [-0.25, -0.2) is 10.8 Å². The Morgan fingerprint density at radius 2 is 2.47 bits per heavy atom. The first-order valence-corrected chi connectivity index (χ1v) is 6.70. The SMILES string of the molecule is CC(C)CSCc1csc(C(=O)NN)n1. The summed E-state index contributed by atoms with van der Waals surface area (Å²) in [5.41, 5.74) is 3.02. The van der Waals surface area contributed by atoms with E-state index in [2.05, 4.69) is 24.3 Å². The average Bonchev–Trinajstić information content (AvgIpc) is 2.65. The van der Waals surface area contributed by atoms with Gasteiger partial charge in [0.25, 0.3) is 5.91 Å². The number of hydrazine groups is 1. The number of carbonyl (C=O) groups excluding carboxylic acids is 1. The molecule has 1 aromatic rings. The van der Waals surface area contributed by atoms with E-state index in [9.17, 15) is 4.79 Å².